The van der Waals surface area contributed by atoms with Crippen LogP contribution < -0.4 is 10.7 Å². The SMILES string of the molecule is O=C(CNc1c(Br)cc(Br)cc1Br)N/N=C/c1ccc(O)cc1O. The maximum absolute atomic E-state index is 11.8. The molecule has 0 saturated heterocycles. The number of aromatic hydroxyl groups is 2. The Bertz CT molecular complexity index is 774. The maximum atomic E-state index is 11.8. The molecule has 4 N–H and O–H groups in total. The van der Waals surface area contributed by atoms with Crippen molar-refractivity contribution in [3.63, 3.8) is 0 Å². The van der Waals surface area contributed by atoms with E-state index >= 15 is 0 Å². The monoisotopic (exact) mass is 519 g/mol. The fourth-order valence-electron chi connectivity index (χ4n) is 1.73. The van der Waals surface area contributed by atoms with Gasteiger partial charge in [-0.15, -0.1) is 0 Å². The molecule has 6 nitrogen and oxygen atoms in total. The van der Waals surface area contributed by atoms with Crippen molar-refractivity contribution in [3.05, 3.63) is 49.3 Å². The second-order valence-electron chi connectivity index (χ2n) is 4.63. The Labute approximate surface area is 163 Å². The van der Waals surface area contributed by atoms with E-state index in [1.807, 2.05) is 12.1 Å². The van der Waals surface area contributed by atoms with Gasteiger partial charge < -0.3 is 15.5 Å². The van der Waals surface area contributed by atoms with E-state index in [-0.39, 0.29) is 24.0 Å². The average Bonchev–Trinajstić information content (AvgIpc) is 2.48. The zero-order chi connectivity index (χ0) is 17.7. The van der Waals surface area contributed by atoms with E-state index in [1.165, 1.54) is 24.4 Å². The maximum Gasteiger partial charge on any atom is 0.259 e. The summed E-state index contributed by atoms with van der Waals surface area (Å²) in [6.45, 7) is 0.0116. The third kappa shape index (κ3) is 5.22. The molecule has 1 amide bonds. The number of phenols is 2. The smallest absolute Gasteiger partial charge is 0.259 e. The Kier molecular flexibility index (Phi) is 6.64. The Morgan fingerprint density at radius 3 is 2.42 bits per heavy atom. The first-order valence-electron chi connectivity index (χ1n) is 6.59. The molecule has 0 fully saturated rings. The second-order valence-corrected chi connectivity index (χ2v) is 7.26. The molecule has 0 unspecified atom stereocenters. The summed E-state index contributed by atoms with van der Waals surface area (Å²) < 4.78 is 2.50. The van der Waals surface area contributed by atoms with Crippen LogP contribution in [0.1, 0.15) is 5.56 Å². The summed E-state index contributed by atoms with van der Waals surface area (Å²) in [6.07, 6.45) is 1.29. The molecule has 0 heterocycles. The molecule has 126 valence electrons. The van der Waals surface area contributed by atoms with E-state index in [4.69, 9.17) is 0 Å². The number of nitrogens with one attached hydrogen (secondary N) is 2. The van der Waals surface area contributed by atoms with Crippen LogP contribution in [0.25, 0.3) is 0 Å². The zero-order valence-corrected chi connectivity index (χ0v) is 16.8. The van der Waals surface area contributed by atoms with Crippen molar-refractivity contribution in [3.8, 4) is 11.5 Å². The van der Waals surface area contributed by atoms with Crippen LogP contribution in [0.2, 0.25) is 0 Å². The van der Waals surface area contributed by atoms with Gasteiger partial charge in [-0.05, 0) is 56.1 Å². The van der Waals surface area contributed by atoms with Gasteiger partial charge in [0.2, 0.25) is 0 Å². The molecule has 24 heavy (non-hydrogen) atoms. The number of rotatable bonds is 5. The van der Waals surface area contributed by atoms with E-state index in [0.717, 1.165) is 19.1 Å². The highest BCUT2D eigenvalue weighted by atomic mass is 79.9. The molecule has 0 spiro atoms. The lowest BCUT2D eigenvalue weighted by Gasteiger charge is -2.10. The van der Waals surface area contributed by atoms with Crippen molar-refractivity contribution in [1.29, 1.82) is 0 Å². The number of nitrogens with zero attached hydrogens (tertiary/aromatic N) is 1. The van der Waals surface area contributed by atoms with Crippen LogP contribution in [0.5, 0.6) is 11.5 Å². The fraction of sp³-hybridized carbons (Fsp3) is 0.0667. The second kappa shape index (κ2) is 8.50. The third-order valence-electron chi connectivity index (χ3n) is 2.84. The van der Waals surface area contributed by atoms with Crippen molar-refractivity contribution < 1.29 is 15.0 Å². The molecule has 2 aromatic carbocycles. The summed E-state index contributed by atoms with van der Waals surface area (Å²) >= 11 is 10.2. The van der Waals surface area contributed by atoms with E-state index in [2.05, 4.69) is 63.6 Å². The molecule has 2 rings (SSSR count). The molecule has 0 radical (unpaired) electrons. The molecular formula is C15H12Br3N3O3. The van der Waals surface area contributed by atoms with Gasteiger partial charge in [0.25, 0.3) is 5.91 Å². The van der Waals surface area contributed by atoms with Gasteiger partial charge in [0.05, 0.1) is 18.4 Å². The lowest BCUT2D eigenvalue weighted by Crippen LogP contribution is -2.26. The molecule has 0 aliphatic heterocycles. The number of hydrogen-bond acceptors (Lipinski definition) is 5. The molecular weight excluding hydrogens is 510 g/mol. The van der Waals surface area contributed by atoms with E-state index in [1.54, 1.807) is 0 Å². The first-order valence-corrected chi connectivity index (χ1v) is 8.97. The lowest BCUT2D eigenvalue weighted by molar-refractivity contribution is -0.119. The molecule has 0 aliphatic rings. The highest BCUT2D eigenvalue weighted by Gasteiger charge is 2.08. The summed E-state index contributed by atoms with van der Waals surface area (Å²) in [6, 6.07) is 7.79. The van der Waals surface area contributed by atoms with Crippen LogP contribution in [0.4, 0.5) is 5.69 Å². The van der Waals surface area contributed by atoms with Crippen molar-refractivity contribution in [2.24, 2.45) is 5.10 Å². The first-order chi connectivity index (χ1) is 11.4. The molecule has 2 aromatic rings. The van der Waals surface area contributed by atoms with E-state index in [0.29, 0.717) is 5.56 Å². The van der Waals surface area contributed by atoms with Crippen LogP contribution in [0, 0.1) is 0 Å². The lowest BCUT2D eigenvalue weighted by atomic mass is 10.2. The Morgan fingerprint density at radius 2 is 1.79 bits per heavy atom. The van der Waals surface area contributed by atoms with Gasteiger partial charge in [0.15, 0.2) is 0 Å². The summed E-state index contributed by atoms with van der Waals surface area (Å²) in [5.41, 5.74) is 3.47. The van der Waals surface area contributed by atoms with Crippen LogP contribution in [-0.4, -0.2) is 28.9 Å². The Balaban J connectivity index is 1.91. The largest absolute Gasteiger partial charge is 0.508 e. The van der Waals surface area contributed by atoms with Crippen LogP contribution in [0.15, 0.2) is 48.9 Å². The normalized spacial score (nSPS) is 10.8. The predicted molar refractivity (Wildman–Crippen MR) is 104 cm³/mol. The van der Waals surface area contributed by atoms with Gasteiger partial charge in [0, 0.05) is 25.0 Å². The van der Waals surface area contributed by atoms with Crippen LogP contribution in [0.3, 0.4) is 0 Å². The highest BCUT2D eigenvalue weighted by Crippen LogP contribution is 2.34. The molecule has 9 heteroatoms. The summed E-state index contributed by atoms with van der Waals surface area (Å²) in [7, 11) is 0. The number of carbonyl (C=O) groups is 1. The minimum Gasteiger partial charge on any atom is -0.508 e. The fourth-order valence-corrected chi connectivity index (χ4v) is 4.27. The van der Waals surface area contributed by atoms with Gasteiger partial charge in [-0.25, -0.2) is 5.43 Å². The Hall–Kier alpha value is -1.58. The van der Waals surface area contributed by atoms with Gasteiger partial charge in [-0.3, -0.25) is 4.79 Å². The first kappa shape index (κ1) is 18.8. The number of hydrazone groups is 1. The average molecular weight is 522 g/mol. The Morgan fingerprint density at radius 1 is 1.12 bits per heavy atom. The van der Waals surface area contributed by atoms with Gasteiger partial charge in [-0.2, -0.15) is 5.10 Å². The quantitative estimate of drug-likeness (QED) is 0.354. The summed E-state index contributed by atoms with van der Waals surface area (Å²) in [4.78, 5) is 11.8. The van der Waals surface area contributed by atoms with E-state index in [9.17, 15) is 15.0 Å². The number of hydrogen-bond donors (Lipinski definition) is 4. The standard InChI is InChI=1S/C15H12Br3N3O3/c16-9-3-11(17)15(12(18)4-9)19-7-14(24)21-20-6-8-1-2-10(22)5-13(8)23/h1-6,19,22-23H,7H2,(H,21,24)/b20-6+. The van der Waals surface area contributed by atoms with Crippen molar-refractivity contribution in [2.45, 2.75) is 0 Å². The third-order valence-corrected chi connectivity index (χ3v) is 4.55. The predicted octanol–water partition coefficient (Wildman–Crippen LogP) is 3.95. The van der Waals surface area contributed by atoms with Crippen molar-refractivity contribution in [1.82, 2.24) is 5.43 Å². The minimum absolute atomic E-state index is 0.0116. The van der Waals surface area contributed by atoms with E-state index < -0.39 is 0 Å². The molecule has 0 aromatic heterocycles. The van der Waals surface area contributed by atoms with Crippen molar-refractivity contribution >= 4 is 65.6 Å². The highest BCUT2D eigenvalue weighted by molar-refractivity contribution is 9.11. The molecule has 0 saturated carbocycles. The summed E-state index contributed by atoms with van der Waals surface area (Å²) in [5.74, 6) is -0.538. The van der Waals surface area contributed by atoms with Crippen molar-refractivity contribution in [2.75, 3.05) is 11.9 Å². The number of phenolic OH excluding ortho intramolecular Hbond substituents is 2. The molecule has 0 bridgehead atoms. The molecule has 0 aliphatic carbocycles. The van der Waals surface area contributed by atoms with Crippen LogP contribution >= 0.6 is 47.8 Å². The topological polar surface area (TPSA) is 94.0 Å². The number of benzene rings is 2. The van der Waals surface area contributed by atoms with Crippen LogP contribution in [-0.2, 0) is 4.79 Å². The number of anilines is 1. The number of carbonyl (C=O) groups excluding carboxylic acids is 1. The van der Waals surface area contributed by atoms with Gasteiger partial charge >= 0.3 is 0 Å². The zero-order valence-electron chi connectivity index (χ0n) is 12.1. The molecule has 0 atom stereocenters. The van der Waals surface area contributed by atoms with Gasteiger partial charge in [-0.1, -0.05) is 15.9 Å². The number of halogens is 3. The number of amides is 1. The summed E-state index contributed by atoms with van der Waals surface area (Å²) in [5, 5.41) is 25.6. The minimum atomic E-state index is -0.355. The van der Waals surface area contributed by atoms with Gasteiger partial charge in [0.1, 0.15) is 11.5 Å².